The number of alkyl halides is 3. The molecule has 2 N–H and O–H groups in total. The van der Waals surface area contributed by atoms with E-state index in [2.05, 4.69) is 26.6 Å². The monoisotopic (exact) mass is 425 g/mol. The lowest BCUT2D eigenvalue weighted by Gasteiger charge is -2.13. The Morgan fingerprint density at radius 2 is 1.96 bits per heavy atom. The Bertz CT molecular complexity index is 860. The van der Waals surface area contributed by atoms with Gasteiger partial charge in [-0.3, -0.25) is 4.79 Å². The summed E-state index contributed by atoms with van der Waals surface area (Å²) in [6, 6.07) is 10.4. The summed E-state index contributed by atoms with van der Waals surface area (Å²) in [5.41, 5.74) is 0.325. The van der Waals surface area contributed by atoms with Crippen LogP contribution in [0.1, 0.15) is 23.1 Å². The molecule has 0 heterocycles. The van der Waals surface area contributed by atoms with Gasteiger partial charge < -0.3 is 10.6 Å². The van der Waals surface area contributed by atoms with Crippen LogP contribution >= 0.6 is 15.9 Å². The quantitative estimate of drug-likeness (QED) is 0.700. The van der Waals surface area contributed by atoms with Gasteiger partial charge in [-0.1, -0.05) is 22.0 Å². The number of hydrogen-bond donors (Lipinski definition) is 2. The van der Waals surface area contributed by atoms with Crippen LogP contribution < -0.4 is 10.6 Å². The van der Waals surface area contributed by atoms with E-state index in [0.29, 0.717) is 5.69 Å². The Morgan fingerprint density at radius 1 is 1.23 bits per heavy atom. The van der Waals surface area contributed by atoms with E-state index in [1.165, 1.54) is 12.1 Å². The molecule has 0 atom stereocenters. The van der Waals surface area contributed by atoms with Gasteiger partial charge in [0.2, 0.25) is 5.91 Å². The molecule has 1 amide bonds. The van der Waals surface area contributed by atoms with Gasteiger partial charge >= 0.3 is 6.18 Å². The fourth-order valence-corrected chi connectivity index (χ4v) is 2.61. The summed E-state index contributed by atoms with van der Waals surface area (Å²) in [6.07, 6.45) is -4.54. The number of nitrogens with zero attached hydrogens (tertiary/aromatic N) is 1. The van der Waals surface area contributed by atoms with Crippen molar-refractivity contribution in [2.24, 2.45) is 0 Å². The van der Waals surface area contributed by atoms with Crippen LogP contribution in [-0.4, -0.2) is 12.5 Å². The van der Waals surface area contributed by atoms with Crippen molar-refractivity contribution in [3.63, 3.8) is 0 Å². The highest BCUT2D eigenvalue weighted by Crippen LogP contribution is 2.33. The van der Waals surface area contributed by atoms with Crippen molar-refractivity contribution < 1.29 is 18.0 Å². The van der Waals surface area contributed by atoms with Crippen LogP contribution in [0.3, 0.4) is 0 Å². The van der Waals surface area contributed by atoms with Gasteiger partial charge in [0.1, 0.15) is 0 Å². The third-order valence-electron chi connectivity index (χ3n) is 3.60. The maximum Gasteiger partial charge on any atom is 0.417 e. The predicted molar refractivity (Wildman–Crippen MR) is 96.8 cm³/mol. The zero-order valence-electron chi connectivity index (χ0n) is 13.7. The van der Waals surface area contributed by atoms with Crippen molar-refractivity contribution in [2.45, 2.75) is 19.5 Å². The second kappa shape index (κ2) is 8.23. The van der Waals surface area contributed by atoms with Crippen LogP contribution in [0.5, 0.6) is 0 Å². The van der Waals surface area contributed by atoms with Crippen molar-refractivity contribution in [1.82, 2.24) is 0 Å². The molecule has 4 nitrogen and oxygen atoms in total. The molecule has 136 valence electrons. The number of benzene rings is 2. The summed E-state index contributed by atoms with van der Waals surface area (Å²) in [7, 11) is 0. The molecule has 0 bridgehead atoms. The average molecular weight is 426 g/mol. The van der Waals surface area contributed by atoms with Crippen LogP contribution in [0.25, 0.3) is 0 Å². The highest BCUT2D eigenvalue weighted by Gasteiger charge is 2.33. The Hall–Kier alpha value is -2.53. The molecule has 0 unspecified atom stereocenters. The number of amides is 1. The summed E-state index contributed by atoms with van der Waals surface area (Å²) < 4.78 is 39.6. The first kappa shape index (κ1) is 19.8. The first-order chi connectivity index (χ1) is 12.2. The topological polar surface area (TPSA) is 64.9 Å². The molecule has 0 radical (unpaired) electrons. The minimum Gasteiger partial charge on any atom is -0.385 e. The van der Waals surface area contributed by atoms with E-state index >= 15 is 0 Å². The number of hydrogen-bond acceptors (Lipinski definition) is 3. The highest BCUT2D eigenvalue weighted by molar-refractivity contribution is 9.10. The van der Waals surface area contributed by atoms with Crippen molar-refractivity contribution in [3.05, 3.63) is 57.6 Å². The second-order valence-electron chi connectivity index (χ2n) is 5.55. The lowest BCUT2D eigenvalue weighted by molar-refractivity contribution is -0.137. The Morgan fingerprint density at radius 3 is 2.62 bits per heavy atom. The van der Waals surface area contributed by atoms with Crippen LogP contribution in [0.15, 0.2) is 40.9 Å². The zero-order valence-corrected chi connectivity index (χ0v) is 15.3. The largest absolute Gasteiger partial charge is 0.417 e. The highest BCUT2D eigenvalue weighted by atomic mass is 79.9. The first-order valence-electron chi connectivity index (χ1n) is 7.62. The molecule has 0 saturated heterocycles. The Kier molecular flexibility index (Phi) is 6.27. The van der Waals surface area contributed by atoms with Gasteiger partial charge in [0.05, 0.1) is 17.2 Å². The van der Waals surface area contributed by atoms with E-state index in [0.717, 1.165) is 22.2 Å². The molecule has 8 heteroatoms. The second-order valence-corrected chi connectivity index (χ2v) is 6.47. The van der Waals surface area contributed by atoms with Crippen molar-refractivity contribution in [1.29, 1.82) is 5.26 Å². The molecule has 0 aliphatic carbocycles. The standard InChI is InChI=1S/C18H15BrF3N3O/c1-11-2-4-13(19)8-16(11)25-17(26)6-7-24-14-5-3-12(10-23)15(9-14)18(20,21)22/h2-5,8-9,24H,6-7H2,1H3,(H,25,26). The minimum atomic E-state index is -4.61. The lowest BCUT2D eigenvalue weighted by Crippen LogP contribution is -2.17. The van der Waals surface area contributed by atoms with Gasteiger partial charge in [-0.15, -0.1) is 0 Å². The number of anilines is 2. The van der Waals surface area contributed by atoms with Gasteiger partial charge in [0.15, 0.2) is 0 Å². The molecule has 2 rings (SSSR count). The lowest BCUT2D eigenvalue weighted by atomic mass is 10.1. The molecule has 2 aromatic rings. The summed E-state index contributed by atoms with van der Waals surface area (Å²) in [6.45, 7) is 2.01. The van der Waals surface area contributed by atoms with Crippen molar-refractivity contribution in [3.8, 4) is 6.07 Å². The number of nitriles is 1. The molecular formula is C18H15BrF3N3O. The van der Waals surface area contributed by atoms with Gasteiger partial charge in [0, 0.05) is 28.8 Å². The Balaban J connectivity index is 1.96. The number of rotatable bonds is 5. The SMILES string of the molecule is Cc1ccc(Br)cc1NC(=O)CCNc1ccc(C#N)c(C(F)(F)F)c1. The maximum atomic E-state index is 12.9. The summed E-state index contributed by atoms with van der Waals surface area (Å²) in [5.74, 6) is -0.261. The normalized spacial score (nSPS) is 10.9. The fourth-order valence-electron chi connectivity index (χ4n) is 2.25. The van der Waals surface area contributed by atoms with E-state index in [4.69, 9.17) is 5.26 Å². The first-order valence-corrected chi connectivity index (χ1v) is 8.41. The van der Waals surface area contributed by atoms with Crippen LogP contribution in [0.4, 0.5) is 24.5 Å². The Labute approximate surface area is 157 Å². The number of aryl methyl sites for hydroxylation is 1. The maximum absolute atomic E-state index is 12.9. The number of carbonyl (C=O) groups excluding carboxylic acids is 1. The molecule has 0 spiro atoms. The third-order valence-corrected chi connectivity index (χ3v) is 4.09. The van der Waals surface area contributed by atoms with E-state index in [-0.39, 0.29) is 24.6 Å². The molecule has 0 fully saturated rings. The average Bonchev–Trinajstić information content (AvgIpc) is 2.57. The van der Waals surface area contributed by atoms with Gasteiger partial charge in [-0.2, -0.15) is 18.4 Å². The van der Waals surface area contributed by atoms with Crippen molar-refractivity contribution >= 4 is 33.2 Å². The van der Waals surface area contributed by atoms with E-state index < -0.39 is 17.3 Å². The smallest absolute Gasteiger partial charge is 0.385 e. The molecule has 26 heavy (non-hydrogen) atoms. The molecule has 2 aromatic carbocycles. The number of carbonyl (C=O) groups is 1. The van der Waals surface area contributed by atoms with E-state index in [1.54, 1.807) is 6.07 Å². The minimum absolute atomic E-state index is 0.0767. The molecule has 0 aliphatic heterocycles. The summed E-state index contributed by atoms with van der Waals surface area (Å²) in [5, 5.41) is 14.3. The van der Waals surface area contributed by atoms with E-state index in [9.17, 15) is 18.0 Å². The summed E-state index contributed by atoms with van der Waals surface area (Å²) >= 11 is 3.33. The van der Waals surface area contributed by atoms with Crippen molar-refractivity contribution in [2.75, 3.05) is 17.2 Å². The number of nitrogens with one attached hydrogen (secondary N) is 2. The molecule has 0 saturated carbocycles. The van der Waals surface area contributed by atoms with Crippen LogP contribution in [-0.2, 0) is 11.0 Å². The zero-order chi connectivity index (χ0) is 19.3. The third kappa shape index (κ3) is 5.23. The summed E-state index contributed by atoms with van der Waals surface area (Å²) in [4.78, 5) is 12.0. The van der Waals surface area contributed by atoms with Gasteiger partial charge in [-0.25, -0.2) is 0 Å². The van der Waals surface area contributed by atoms with Gasteiger partial charge in [-0.05, 0) is 42.8 Å². The predicted octanol–water partition coefficient (Wildman–Crippen LogP) is 5.09. The van der Waals surface area contributed by atoms with Crippen LogP contribution in [0, 0.1) is 18.3 Å². The fraction of sp³-hybridized carbons (Fsp3) is 0.222. The number of halogens is 4. The molecule has 0 aromatic heterocycles. The van der Waals surface area contributed by atoms with Crippen LogP contribution in [0.2, 0.25) is 0 Å². The molecule has 0 aliphatic rings. The molecular weight excluding hydrogens is 411 g/mol. The van der Waals surface area contributed by atoms with Gasteiger partial charge in [0.25, 0.3) is 0 Å². The van der Waals surface area contributed by atoms with E-state index in [1.807, 2.05) is 19.1 Å².